The summed E-state index contributed by atoms with van der Waals surface area (Å²) in [6.45, 7) is 10.2. The van der Waals surface area contributed by atoms with Crippen molar-refractivity contribution in [3.8, 4) is 5.69 Å². The second kappa shape index (κ2) is 7.84. The van der Waals surface area contributed by atoms with E-state index in [0.717, 1.165) is 29.9 Å². The van der Waals surface area contributed by atoms with E-state index in [4.69, 9.17) is 16.7 Å². The van der Waals surface area contributed by atoms with Gasteiger partial charge in [0.1, 0.15) is 0 Å². The summed E-state index contributed by atoms with van der Waals surface area (Å²) in [5.74, 6) is 0.0859. The van der Waals surface area contributed by atoms with Gasteiger partial charge in [0.05, 0.1) is 27.7 Å². The van der Waals surface area contributed by atoms with E-state index in [-0.39, 0.29) is 17.9 Å². The molecule has 0 atom stereocenters. The molecule has 0 radical (unpaired) electrons. The molecule has 0 saturated heterocycles. The highest BCUT2D eigenvalue weighted by Gasteiger charge is 2.26. The van der Waals surface area contributed by atoms with Gasteiger partial charge in [-0.15, -0.1) is 0 Å². The molecule has 0 saturated carbocycles. The van der Waals surface area contributed by atoms with Crippen LogP contribution in [0.25, 0.3) is 5.69 Å². The maximum absolute atomic E-state index is 12.8. The van der Waals surface area contributed by atoms with Crippen molar-refractivity contribution in [2.45, 2.75) is 59.4 Å². The average Bonchev–Trinajstić information content (AvgIpc) is 2.87. The standard InChI is InChI=1S/C19H26ClN3O/c1-6-9-15-17(19(24)21-13(4)5)18(12(2)3)23(22-15)16-11-8-7-10-14(16)20/h7-8,10-13H,6,9H2,1-5H3,(H,21,24). The first kappa shape index (κ1) is 18.5. The Balaban J connectivity index is 2.68. The number of rotatable bonds is 6. The van der Waals surface area contributed by atoms with Gasteiger partial charge < -0.3 is 5.32 Å². The largest absolute Gasteiger partial charge is 0.350 e. The minimum absolute atomic E-state index is 0.0598. The van der Waals surface area contributed by atoms with Crippen molar-refractivity contribution in [3.05, 3.63) is 46.2 Å². The molecule has 2 rings (SSSR count). The van der Waals surface area contributed by atoms with Crippen LogP contribution in [0.4, 0.5) is 0 Å². The SMILES string of the molecule is CCCc1nn(-c2ccccc2Cl)c(C(C)C)c1C(=O)NC(C)C. The number of carbonyl (C=O) groups excluding carboxylic acids is 1. The molecule has 4 nitrogen and oxygen atoms in total. The fourth-order valence-corrected chi connectivity index (χ4v) is 3.03. The zero-order valence-corrected chi connectivity index (χ0v) is 15.8. The molecule has 5 heteroatoms. The van der Waals surface area contributed by atoms with Crippen LogP contribution in [0, 0.1) is 0 Å². The normalized spacial score (nSPS) is 11.3. The molecule has 1 heterocycles. The molecular weight excluding hydrogens is 322 g/mol. The fourth-order valence-electron chi connectivity index (χ4n) is 2.81. The van der Waals surface area contributed by atoms with Gasteiger partial charge in [-0.25, -0.2) is 4.68 Å². The second-order valence-electron chi connectivity index (χ2n) is 6.60. The molecule has 0 fully saturated rings. The van der Waals surface area contributed by atoms with Gasteiger partial charge >= 0.3 is 0 Å². The van der Waals surface area contributed by atoms with E-state index >= 15 is 0 Å². The van der Waals surface area contributed by atoms with Gasteiger partial charge in [-0.05, 0) is 38.3 Å². The minimum atomic E-state index is -0.0598. The molecule has 0 aliphatic carbocycles. The summed E-state index contributed by atoms with van der Waals surface area (Å²) in [6, 6.07) is 7.68. The molecule has 0 unspecified atom stereocenters. The van der Waals surface area contributed by atoms with Crippen molar-refractivity contribution in [1.29, 1.82) is 0 Å². The molecule has 1 N–H and O–H groups in total. The van der Waals surface area contributed by atoms with Crippen molar-refractivity contribution in [2.75, 3.05) is 0 Å². The first-order valence-corrected chi connectivity index (χ1v) is 8.92. The lowest BCUT2D eigenvalue weighted by Gasteiger charge is -2.15. The van der Waals surface area contributed by atoms with Crippen LogP contribution in [0.15, 0.2) is 24.3 Å². The van der Waals surface area contributed by atoms with Gasteiger partial charge in [-0.3, -0.25) is 4.79 Å². The van der Waals surface area contributed by atoms with E-state index in [0.29, 0.717) is 10.6 Å². The predicted octanol–water partition coefficient (Wildman–Crippen LogP) is 4.74. The van der Waals surface area contributed by atoms with Crippen LogP contribution in [0.2, 0.25) is 5.02 Å². The number of para-hydroxylation sites is 1. The number of aromatic nitrogens is 2. The van der Waals surface area contributed by atoms with Gasteiger partial charge in [-0.2, -0.15) is 5.10 Å². The Hall–Kier alpha value is -1.81. The van der Waals surface area contributed by atoms with E-state index in [1.165, 1.54) is 0 Å². The number of aryl methyl sites for hydroxylation is 1. The quantitative estimate of drug-likeness (QED) is 0.820. The number of hydrogen-bond donors (Lipinski definition) is 1. The molecule has 0 bridgehead atoms. The highest BCUT2D eigenvalue weighted by atomic mass is 35.5. The maximum atomic E-state index is 12.8. The Morgan fingerprint density at radius 3 is 2.46 bits per heavy atom. The molecule has 0 aliphatic rings. The molecule has 24 heavy (non-hydrogen) atoms. The number of amides is 1. The summed E-state index contributed by atoms with van der Waals surface area (Å²) in [6.07, 6.45) is 1.69. The molecule has 1 amide bonds. The van der Waals surface area contributed by atoms with Crippen LogP contribution in [-0.2, 0) is 6.42 Å². The first-order valence-electron chi connectivity index (χ1n) is 8.54. The van der Waals surface area contributed by atoms with Crippen LogP contribution >= 0.6 is 11.6 Å². The highest BCUT2D eigenvalue weighted by Crippen LogP contribution is 2.29. The van der Waals surface area contributed by atoms with Crippen molar-refractivity contribution in [3.63, 3.8) is 0 Å². The number of hydrogen-bond acceptors (Lipinski definition) is 2. The zero-order chi connectivity index (χ0) is 17.9. The van der Waals surface area contributed by atoms with Crippen molar-refractivity contribution < 1.29 is 4.79 Å². The summed E-state index contributed by atoms with van der Waals surface area (Å²) >= 11 is 6.38. The molecule has 0 spiro atoms. The topological polar surface area (TPSA) is 46.9 Å². The van der Waals surface area contributed by atoms with E-state index in [1.807, 2.05) is 42.8 Å². The number of carbonyl (C=O) groups is 1. The number of halogens is 1. The molecule has 2 aromatic rings. The maximum Gasteiger partial charge on any atom is 0.255 e. The average molecular weight is 348 g/mol. The van der Waals surface area contributed by atoms with E-state index in [1.54, 1.807) is 0 Å². The summed E-state index contributed by atoms with van der Waals surface area (Å²) in [5, 5.41) is 8.38. The summed E-state index contributed by atoms with van der Waals surface area (Å²) < 4.78 is 1.84. The van der Waals surface area contributed by atoms with Gasteiger partial charge in [0.25, 0.3) is 5.91 Å². The smallest absolute Gasteiger partial charge is 0.255 e. The number of nitrogens with zero attached hydrogens (tertiary/aromatic N) is 2. The molecule has 1 aromatic carbocycles. The number of benzene rings is 1. The van der Waals surface area contributed by atoms with E-state index in [9.17, 15) is 4.79 Å². The van der Waals surface area contributed by atoms with Crippen LogP contribution in [0.3, 0.4) is 0 Å². The lowest BCUT2D eigenvalue weighted by molar-refractivity contribution is 0.0941. The Bertz CT molecular complexity index is 719. The third kappa shape index (κ3) is 3.81. The predicted molar refractivity (Wildman–Crippen MR) is 99.3 cm³/mol. The van der Waals surface area contributed by atoms with E-state index < -0.39 is 0 Å². The molecular formula is C19H26ClN3O. The third-order valence-electron chi connectivity index (χ3n) is 3.75. The molecule has 1 aromatic heterocycles. The van der Waals surface area contributed by atoms with Crippen molar-refractivity contribution in [1.82, 2.24) is 15.1 Å². The molecule has 130 valence electrons. The second-order valence-corrected chi connectivity index (χ2v) is 7.01. The lowest BCUT2D eigenvalue weighted by atomic mass is 10.0. The first-order chi connectivity index (χ1) is 11.4. The Morgan fingerprint density at radius 2 is 1.92 bits per heavy atom. The summed E-state index contributed by atoms with van der Waals surface area (Å²) in [7, 11) is 0. The third-order valence-corrected chi connectivity index (χ3v) is 4.07. The van der Waals surface area contributed by atoms with Gasteiger partial charge in [-0.1, -0.05) is 50.9 Å². The molecule has 0 aliphatic heterocycles. The summed E-state index contributed by atoms with van der Waals surface area (Å²) in [4.78, 5) is 12.8. The van der Waals surface area contributed by atoms with Crippen molar-refractivity contribution in [2.24, 2.45) is 0 Å². The van der Waals surface area contributed by atoms with Gasteiger partial charge in [0.2, 0.25) is 0 Å². The Morgan fingerprint density at radius 1 is 1.25 bits per heavy atom. The Labute approximate surface area is 149 Å². The number of nitrogens with one attached hydrogen (secondary N) is 1. The van der Waals surface area contributed by atoms with Crippen LogP contribution < -0.4 is 5.32 Å². The summed E-state index contributed by atoms with van der Waals surface area (Å²) in [5.41, 5.74) is 3.24. The van der Waals surface area contributed by atoms with Crippen LogP contribution in [0.1, 0.15) is 68.7 Å². The lowest BCUT2D eigenvalue weighted by Crippen LogP contribution is -2.31. The van der Waals surface area contributed by atoms with Gasteiger partial charge in [0, 0.05) is 6.04 Å². The van der Waals surface area contributed by atoms with Gasteiger partial charge in [0.15, 0.2) is 0 Å². The minimum Gasteiger partial charge on any atom is -0.350 e. The van der Waals surface area contributed by atoms with Crippen LogP contribution in [0.5, 0.6) is 0 Å². The zero-order valence-electron chi connectivity index (χ0n) is 15.1. The van der Waals surface area contributed by atoms with E-state index in [2.05, 4.69) is 26.1 Å². The Kier molecular flexibility index (Phi) is 6.05. The van der Waals surface area contributed by atoms with Crippen molar-refractivity contribution >= 4 is 17.5 Å². The van der Waals surface area contributed by atoms with Crippen LogP contribution in [-0.4, -0.2) is 21.7 Å². The highest BCUT2D eigenvalue weighted by molar-refractivity contribution is 6.32. The fraction of sp³-hybridized carbons (Fsp3) is 0.474. The monoisotopic (exact) mass is 347 g/mol.